The lowest BCUT2D eigenvalue weighted by Crippen LogP contribution is -2.44. The van der Waals surface area contributed by atoms with Crippen molar-refractivity contribution in [3.05, 3.63) is 28.8 Å². The summed E-state index contributed by atoms with van der Waals surface area (Å²) in [4.78, 5) is 28.1. The minimum absolute atomic E-state index is 0.141. The van der Waals surface area contributed by atoms with Crippen LogP contribution < -0.4 is 20.9 Å². The minimum atomic E-state index is -0.185. The smallest absolute Gasteiger partial charge is 0.322 e. The molecular formula is C17H24ClN5O2. The summed E-state index contributed by atoms with van der Waals surface area (Å²) in [6, 6.07) is 4.85. The third-order valence-corrected chi connectivity index (χ3v) is 4.82. The number of hydrogen-bond donors (Lipinski definition) is 3. The van der Waals surface area contributed by atoms with Gasteiger partial charge in [-0.3, -0.25) is 9.69 Å². The normalized spacial score (nSPS) is 18.3. The van der Waals surface area contributed by atoms with Crippen LogP contribution in [-0.4, -0.2) is 69.2 Å². The summed E-state index contributed by atoms with van der Waals surface area (Å²) in [7, 11) is 0. The largest absolute Gasteiger partial charge is 0.352 e. The number of carbonyl (C=O) groups excluding carboxylic acids is 2. The molecule has 0 bridgehead atoms. The molecule has 136 valence electrons. The summed E-state index contributed by atoms with van der Waals surface area (Å²) in [6.45, 7) is 6.94. The molecular weight excluding hydrogens is 342 g/mol. The van der Waals surface area contributed by atoms with E-state index in [1.54, 1.807) is 23.1 Å². The molecule has 3 amide bonds. The van der Waals surface area contributed by atoms with Crippen molar-refractivity contribution >= 4 is 29.2 Å². The number of hydrogen-bond acceptors (Lipinski definition) is 4. The SMILES string of the molecule is O=C(NCCCN1CCNCC1)c1ccc(Cl)c(N2CCNC2=O)c1. The monoisotopic (exact) mass is 365 g/mol. The van der Waals surface area contributed by atoms with E-state index >= 15 is 0 Å². The molecule has 0 spiro atoms. The number of urea groups is 1. The van der Waals surface area contributed by atoms with Crippen LogP contribution in [0.2, 0.25) is 5.02 Å². The van der Waals surface area contributed by atoms with Gasteiger partial charge in [-0.1, -0.05) is 11.6 Å². The van der Waals surface area contributed by atoms with Crippen molar-refractivity contribution < 1.29 is 9.59 Å². The van der Waals surface area contributed by atoms with Gasteiger partial charge in [0.05, 0.1) is 10.7 Å². The molecule has 0 atom stereocenters. The number of benzene rings is 1. The van der Waals surface area contributed by atoms with Gasteiger partial charge in [-0.15, -0.1) is 0 Å². The molecule has 3 N–H and O–H groups in total. The number of carbonyl (C=O) groups is 2. The van der Waals surface area contributed by atoms with Crippen LogP contribution in [-0.2, 0) is 0 Å². The second kappa shape index (κ2) is 8.51. The standard InChI is InChI=1S/C17H24ClN5O2/c18-14-3-2-13(12-15(14)23-11-7-21-17(23)25)16(24)20-4-1-8-22-9-5-19-6-10-22/h2-3,12,19H,1,4-11H2,(H,20,24)(H,21,25). The van der Waals surface area contributed by atoms with E-state index in [4.69, 9.17) is 11.6 Å². The Morgan fingerprint density at radius 3 is 2.72 bits per heavy atom. The second-order valence-electron chi connectivity index (χ2n) is 6.25. The lowest BCUT2D eigenvalue weighted by molar-refractivity contribution is 0.0951. The Morgan fingerprint density at radius 2 is 2.00 bits per heavy atom. The number of piperazine rings is 1. The van der Waals surface area contributed by atoms with Gasteiger partial charge < -0.3 is 20.9 Å². The maximum atomic E-state index is 12.4. The Bertz CT molecular complexity index is 633. The molecule has 25 heavy (non-hydrogen) atoms. The molecule has 0 unspecified atom stereocenters. The van der Waals surface area contributed by atoms with Gasteiger partial charge in [0.15, 0.2) is 0 Å². The van der Waals surface area contributed by atoms with E-state index in [1.807, 2.05) is 0 Å². The van der Waals surface area contributed by atoms with Crippen molar-refractivity contribution in [2.75, 3.05) is 57.3 Å². The molecule has 7 nitrogen and oxygen atoms in total. The number of amides is 3. The molecule has 1 aromatic carbocycles. The Labute approximate surface area is 152 Å². The average molecular weight is 366 g/mol. The predicted octanol–water partition coefficient (Wildman–Crippen LogP) is 0.895. The van der Waals surface area contributed by atoms with Gasteiger partial charge in [-0.2, -0.15) is 0 Å². The van der Waals surface area contributed by atoms with E-state index < -0.39 is 0 Å². The maximum absolute atomic E-state index is 12.4. The van der Waals surface area contributed by atoms with E-state index in [-0.39, 0.29) is 11.9 Å². The highest BCUT2D eigenvalue weighted by atomic mass is 35.5. The molecule has 2 saturated heterocycles. The van der Waals surface area contributed by atoms with Crippen LogP contribution in [0.5, 0.6) is 0 Å². The molecule has 2 heterocycles. The molecule has 2 aliphatic rings. The van der Waals surface area contributed by atoms with Crippen molar-refractivity contribution in [2.45, 2.75) is 6.42 Å². The van der Waals surface area contributed by atoms with Crippen LogP contribution >= 0.6 is 11.6 Å². The molecule has 0 radical (unpaired) electrons. The van der Waals surface area contributed by atoms with Gasteiger partial charge in [-0.25, -0.2) is 4.79 Å². The molecule has 0 aliphatic carbocycles. The first-order valence-corrected chi connectivity index (χ1v) is 9.09. The highest BCUT2D eigenvalue weighted by Gasteiger charge is 2.24. The Balaban J connectivity index is 1.52. The lowest BCUT2D eigenvalue weighted by atomic mass is 10.1. The number of rotatable bonds is 6. The van der Waals surface area contributed by atoms with Gasteiger partial charge in [0.2, 0.25) is 0 Å². The fourth-order valence-electron chi connectivity index (χ4n) is 3.10. The fourth-order valence-corrected chi connectivity index (χ4v) is 3.32. The zero-order valence-corrected chi connectivity index (χ0v) is 14.9. The van der Waals surface area contributed by atoms with E-state index in [9.17, 15) is 9.59 Å². The first-order chi connectivity index (χ1) is 12.1. The van der Waals surface area contributed by atoms with E-state index in [1.165, 1.54) is 0 Å². The zero-order chi connectivity index (χ0) is 17.6. The Kier molecular flexibility index (Phi) is 6.12. The first-order valence-electron chi connectivity index (χ1n) is 8.71. The average Bonchev–Trinajstić information content (AvgIpc) is 3.05. The van der Waals surface area contributed by atoms with Crippen LogP contribution in [0.25, 0.3) is 0 Å². The predicted molar refractivity (Wildman–Crippen MR) is 98.5 cm³/mol. The van der Waals surface area contributed by atoms with Crippen molar-refractivity contribution in [1.82, 2.24) is 20.9 Å². The number of anilines is 1. The van der Waals surface area contributed by atoms with Crippen molar-refractivity contribution in [2.24, 2.45) is 0 Å². The Hall–Kier alpha value is -1.83. The van der Waals surface area contributed by atoms with Gasteiger partial charge >= 0.3 is 6.03 Å². The van der Waals surface area contributed by atoms with Crippen molar-refractivity contribution in [3.63, 3.8) is 0 Å². The van der Waals surface area contributed by atoms with E-state index in [0.717, 1.165) is 39.1 Å². The summed E-state index contributed by atoms with van der Waals surface area (Å²) in [5.41, 5.74) is 1.09. The van der Waals surface area contributed by atoms with E-state index in [2.05, 4.69) is 20.9 Å². The maximum Gasteiger partial charge on any atom is 0.322 e. The second-order valence-corrected chi connectivity index (χ2v) is 6.66. The van der Waals surface area contributed by atoms with Crippen molar-refractivity contribution in [3.8, 4) is 0 Å². The van der Waals surface area contributed by atoms with Gasteiger partial charge in [-0.05, 0) is 31.2 Å². The summed E-state index contributed by atoms with van der Waals surface area (Å²) in [6.07, 6.45) is 0.917. The van der Waals surface area contributed by atoms with Gasteiger partial charge in [0.1, 0.15) is 0 Å². The number of nitrogens with one attached hydrogen (secondary N) is 3. The van der Waals surface area contributed by atoms with Crippen LogP contribution in [0.15, 0.2) is 18.2 Å². The number of nitrogens with zero attached hydrogens (tertiary/aromatic N) is 2. The summed E-state index contributed by atoms with van der Waals surface area (Å²) < 4.78 is 0. The molecule has 1 aromatic rings. The van der Waals surface area contributed by atoms with Crippen molar-refractivity contribution in [1.29, 1.82) is 0 Å². The molecule has 8 heteroatoms. The Morgan fingerprint density at radius 1 is 1.20 bits per heavy atom. The highest BCUT2D eigenvalue weighted by Crippen LogP contribution is 2.28. The zero-order valence-electron chi connectivity index (χ0n) is 14.2. The number of halogens is 1. The molecule has 2 fully saturated rings. The fraction of sp³-hybridized carbons (Fsp3) is 0.529. The third-order valence-electron chi connectivity index (χ3n) is 4.50. The molecule has 2 aliphatic heterocycles. The molecule has 3 rings (SSSR count). The molecule has 0 aromatic heterocycles. The highest BCUT2D eigenvalue weighted by molar-refractivity contribution is 6.34. The van der Waals surface area contributed by atoms with Crippen LogP contribution in [0.1, 0.15) is 16.8 Å². The van der Waals surface area contributed by atoms with Crippen LogP contribution in [0.4, 0.5) is 10.5 Å². The lowest BCUT2D eigenvalue weighted by Gasteiger charge is -2.27. The van der Waals surface area contributed by atoms with E-state index in [0.29, 0.717) is 35.9 Å². The molecule has 0 saturated carbocycles. The summed E-state index contributed by atoms with van der Waals surface area (Å²) in [5, 5.41) is 9.47. The van der Waals surface area contributed by atoms with Crippen LogP contribution in [0, 0.1) is 0 Å². The quantitative estimate of drug-likeness (QED) is 0.654. The summed E-state index contributed by atoms with van der Waals surface area (Å²) >= 11 is 6.20. The van der Waals surface area contributed by atoms with Gasteiger partial charge in [0.25, 0.3) is 5.91 Å². The third kappa shape index (κ3) is 4.62. The summed E-state index contributed by atoms with van der Waals surface area (Å²) in [5.74, 6) is -0.141. The topological polar surface area (TPSA) is 76.7 Å². The minimum Gasteiger partial charge on any atom is -0.352 e. The van der Waals surface area contributed by atoms with Crippen LogP contribution in [0.3, 0.4) is 0 Å². The first kappa shape index (κ1) is 18.0. The van der Waals surface area contributed by atoms with Gasteiger partial charge in [0, 0.05) is 51.4 Å².